The highest BCUT2D eigenvalue weighted by atomic mass is 16.4. The van der Waals surface area contributed by atoms with Crippen molar-refractivity contribution in [3.63, 3.8) is 0 Å². The van der Waals surface area contributed by atoms with Gasteiger partial charge in [0.15, 0.2) is 0 Å². The molecule has 2 unspecified atom stereocenters. The van der Waals surface area contributed by atoms with E-state index in [1.165, 1.54) is 18.2 Å². The van der Waals surface area contributed by atoms with Crippen molar-refractivity contribution < 1.29 is 29.7 Å². The molecule has 0 spiro atoms. The van der Waals surface area contributed by atoms with Crippen molar-refractivity contribution >= 4 is 17.9 Å². The summed E-state index contributed by atoms with van der Waals surface area (Å²) >= 11 is 0. The number of hydrogen-bond donors (Lipinski definition) is 3. The second kappa shape index (κ2) is 6.88. The van der Waals surface area contributed by atoms with Gasteiger partial charge in [-0.15, -0.1) is 0 Å². The first-order valence-electron chi connectivity index (χ1n) is 6.66. The molecule has 0 saturated heterocycles. The van der Waals surface area contributed by atoms with Crippen LogP contribution in [0.25, 0.3) is 0 Å². The second-order valence-corrected chi connectivity index (χ2v) is 4.75. The Kier molecular flexibility index (Phi) is 5.46. The van der Waals surface area contributed by atoms with Crippen LogP contribution in [0.4, 0.5) is 0 Å². The summed E-state index contributed by atoms with van der Waals surface area (Å²) in [5.41, 5.74) is 0.581. The molecule has 2 atom stereocenters. The minimum atomic E-state index is -1.17. The molecular formula is C15H18O6. The van der Waals surface area contributed by atoms with Gasteiger partial charge in [-0.1, -0.05) is 19.9 Å². The quantitative estimate of drug-likeness (QED) is 0.712. The van der Waals surface area contributed by atoms with Crippen LogP contribution in [0.1, 0.15) is 60.0 Å². The van der Waals surface area contributed by atoms with Crippen molar-refractivity contribution in [2.45, 2.75) is 38.5 Å². The summed E-state index contributed by atoms with van der Waals surface area (Å²) in [5.74, 6) is -5.10. The van der Waals surface area contributed by atoms with Gasteiger partial charge in [0.2, 0.25) is 0 Å². The van der Waals surface area contributed by atoms with Crippen molar-refractivity contribution in [2.24, 2.45) is 0 Å². The van der Waals surface area contributed by atoms with Gasteiger partial charge in [0.25, 0.3) is 0 Å². The lowest BCUT2D eigenvalue weighted by Gasteiger charge is -2.20. The number of carbonyl (C=O) groups is 3. The molecule has 114 valence electrons. The van der Waals surface area contributed by atoms with Crippen LogP contribution in [0.2, 0.25) is 0 Å². The molecule has 3 N–H and O–H groups in total. The van der Waals surface area contributed by atoms with Gasteiger partial charge in [-0.3, -0.25) is 9.59 Å². The van der Waals surface area contributed by atoms with Crippen LogP contribution in [0.3, 0.4) is 0 Å². The Morgan fingerprint density at radius 2 is 1.38 bits per heavy atom. The Labute approximate surface area is 122 Å². The summed E-state index contributed by atoms with van der Waals surface area (Å²) in [7, 11) is 0. The number of carboxylic acid groups (broad SMARTS) is 3. The van der Waals surface area contributed by atoms with E-state index in [0.29, 0.717) is 12.0 Å². The Hall–Kier alpha value is -2.37. The fourth-order valence-electron chi connectivity index (χ4n) is 2.38. The Balaban J connectivity index is 3.52. The molecule has 1 aromatic carbocycles. The van der Waals surface area contributed by atoms with E-state index < -0.39 is 29.7 Å². The molecule has 0 saturated carbocycles. The van der Waals surface area contributed by atoms with E-state index in [1.54, 1.807) is 13.8 Å². The van der Waals surface area contributed by atoms with Crippen LogP contribution in [-0.2, 0) is 9.59 Å². The molecule has 0 aliphatic heterocycles. The summed E-state index contributed by atoms with van der Waals surface area (Å²) in [6.45, 7) is 3.35. The summed E-state index contributed by atoms with van der Waals surface area (Å²) in [6, 6.07) is 3.99. The number of carboxylic acids is 3. The highest BCUT2D eigenvalue weighted by Crippen LogP contribution is 2.32. The molecule has 0 aliphatic carbocycles. The van der Waals surface area contributed by atoms with Crippen molar-refractivity contribution in [3.05, 3.63) is 34.9 Å². The van der Waals surface area contributed by atoms with Crippen molar-refractivity contribution in [1.82, 2.24) is 0 Å². The first kappa shape index (κ1) is 16.7. The van der Waals surface area contributed by atoms with Crippen LogP contribution in [0, 0.1) is 0 Å². The molecule has 0 heterocycles. The van der Waals surface area contributed by atoms with E-state index in [1.807, 2.05) is 0 Å². The highest BCUT2D eigenvalue weighted by molar-refractivity contribution is 5.89. The smallest absolute Gasteiger partial charge is 0.335 e. The highest BCUT2D eigenvalue weighted by Gasteiger charge is 2.28. The lowest BCUT2D eigenvalue weighted by Crippen LogP contribution is -2.19. The lowest BCUT2D eigenvalue weighted by molar-refractivity contribution is -0.140. The van der Waals surface area contributed by atoms with E-state index in [-0.39, 0.29) is 17.5 Å². The molecule has 0 aliphatic rings. The van der Waals surface area contributed by atoms with Crippen molar-refractivity contribution in [2.75, 3.05) is 0 Å². The first-order chi connectivity index (χ1) is 9.83. The zero-order chi connectivity index (χ0) is 16.2. The maximum Gasteiger partial charge on any atom is 0.335 e. The maximum atomic E-state index is 11.4. The molecule has 21 heavy (non-hydrogen) atoms. The summed E-state index contributed by atoms with van der Waals surface area (Å²) in [6.07, 6.45) is 0.548. The van der Waals surface area contributed by atoms with Crippen LogP contribution >= 0.6 is 0 Å². The van der Waals surface area contributed by atoms with Gasteiger partial charge in [-0.25, -0.2) is 4.79 Å². The SMILES string of the molecule is CCC(C(=O)O)c1ccc(C(=O)O)cc1C(CC)C(=O)O. The number of rotatable bonds is 7. The predicted molar refractivity (Wildman–Crippen MR) is 74.7 cm³/mol. The largest absolute Gasteiger partial charge is 0.481 e. The third kappa shape index (κ3) is 3.59. The molecule has 0 fully saturated rings. The van der Waals surface area contributed by atoms with Crippen LogP contribution in [-0.4, -0.2) is 33.2 Å². The number of benzene rings is 1. The second-order valence-electron chi connectivity index (χ2n) is 4.75. The van der Waals surface area contributed by atoms with Gasteiger partial charge in [0.05, 0.1) is 17.4 Å². The monoisotopic (exact) mass is 294 g/mol. The molecule has 6 heteroatoms. The van der Waals surface area contributed by atoms with E-state index in [9.17, 15) is 24.6 Å². The minimum absolute atomic E-state index is 0.0475. The maximum absolute atomic E-state index is 11.4. The van der Waals surface area contributed by atoms with Crippen molar-refractivity contribution in [3.8, 4) is 0 Å². The summed E-state index contributed by atoms with van der Waals surface area (Å²) in [5, 5.41) is 27.6. The molecule has 1 aromatic rings. The van der Waals surface area contributed by atoms with Crippen LogP contribution in [0.15, 0.2) is 18.2 Å². The van der Waals surface area contributed by atoms with Gasteiger partial charge in [-0.05, 0) is 36.1 Å². The topological polar surface area (TPSA) is 112 Å². The van der Waals surface area contributed by atoms with E-state index in [4.69, 9.17) is 5.11 Å². The zero-order valence-electron chi connectivity index (χ0n) is 11.9. The van der Waals surface area contributed by atoms with Gasteiger partial charge in [-0.2, -0.15) is 0 Å². The third-order valence-electron chi connectivity index (χ3n) is 3.50. The fourth-order valence-corrected chi connectivity index (χ4v) is 2.38. The Morgan fingerprint density at radius 3 is 1.76 bits per heavy atom. The average molecular weight is 294 g/mol. The van der Waals surface area contributed by atoms with Gasteiger partial charge >= 0.3 is 17.9 Å². The minimum Gasteiger partial charge on any atom is -0.481 e. The zero-order valence-corrected chi connectivity index (χ0v) is 11.9. The fraction of sp³-hybridized carbons (Fsp3) is 0.400. The summed E-state index contributed by atoms with van der Waals surface area (Å²) < 4.78 is 0. The molecule has 0 radical (unpaired) electrons. The average Bonchev–Trinajstić information content (AvgIpc) is 2.40. The standard InChI is InChI=1S/C15H18O6/c1-3-9(14(18)19)11-6-5-8(13(16)17)7-12(11)10(4-2)15(20)21/h5-7,9-10H,3-4H2,1-2H3,(H,16,17)(H,18,19)(H,20,21). The summed E-state index contributed by atoms with van der Waals surface area (Å²) in [4.78, 5) is 33.7. The normalized spacial score (nSPS) is 13.4. The predicted octanol–water partition coefficient (Wildman–Crippen LogP) is 2.54. The third-order valence-corrected chi connectivity index (χ3v) is 3.50. The molecule has 1 rings (SSSR count). The van der Waals surface area contributed by atoms with Gasteiger partial charge in [0.1, 0.15) is 0 Å². The van der Waals surface area contributed by atoms with Gasteiger partial charge in [0, 0.05) is 0 Å². The van der Waals surface area contributed by atoms with E-state index in [0.717, 1.165) is 0 Å². The number of hydrogen-bond acceptors (Lipinski definition) is 3. The van der Waals surface area contributed by atoms with Gasteiger partial charge < -0.3 is 15.3 Å². The Bertz CT molecular complexity index is 563. The lowest BCUT2D eigenvalue weighted by atomic mass is 9.84. The van der Waals surface area contributed by atoms with E-state index in [2.05, 4.69) is 0 Å². The molecular weight excluding hydrogens is 276 g/mol. The number of aromatic carboxylic acids is 1. The van der Waals surface area contributed by atoms with Crippen LogP contribution < -0.4 is 0 Å². The Morgan fingerprint density at radius 1 is 0.905 bits per heavy atom. The van der Waals surface area contributed by atoms with Crippen molar-refractivity contribution in [1.29, 1.82) is 0 Å². The van der Waals surface area contributed by atoms with Crippen LogP contribution in [0.5, 0.6) is 0 Å². The van der Waals surface area contributed by atoms with E-state index >= 15 is 0 Å². The molecule has 0 amide bonds. The molecule has 0 aromatic heterocycles. The first-order valence-corrected chi connectivity index (χ1v) is 6.66. The molecule has 6 nitrogen and oxygen atoms in total. The number of aliphatic carboxylic acids is 2. The molecule has 0 bridgehead atoms.